The Kier molecular flexibility index (Phi) is 8.01. The van der Waals surface area contributed by atoms with Crippen LogP contribution in [-0.2, 0) is 15.9 Å². The van der Waals surface area contributed by atoms with Crippen LogP contribution in [0.4, 0.5) is 21.0 Å². The van der Waals surface area contributed by atoms with Crippen LogP contribution in [0.2, 0.25) is 10.0 Å². The van der Waals surface area contributed by atoms with E-state index in [0.717, 1.165) is 18.4 Å². The number of ether oxygens (including phenoxy) is 2. The van der Waals surface area contributed by atoms with Gasteiger partial charge in [-0.1, -0.05) is 35.3 Å². The zero-order valence-corrected chi connectivity index (χ0v) is 21.6. The predicted molar refractivity (Wildman–Crippen MR) is 136 cm³/mol. The molecule has 7 nitrogen and oxygen atoms in total. The molecule has 2 N–H and O–H groups in total. The van der Waals surface area contributed by atoms with E-state index in [1.807, 2.05) is 58.9 Å². The maximum atomic E-state index is 12.8. The molecule has 0 saturated carbocycles. The maximum absolute atomic E-state index is 12.8. The van der Waals surface area contributed by atoms with E-state index < -0.39 is 11.3 Å². The number of nitrogens with one attached hydrogen (secondary N) is 2. The van der Waals surface area contributed by atoms with Crippen LogP contribution in [0, 0.1) is 0 Å². The van der Waals surface area contributed by atoms with Gasteiger partial charge in [-0.25, -0.2) is 9.59 Å². The molecule has 1 aliphatic heterocycles. The van der Waals surface area contributed by atoms with Gasteiger partial charge in [0.25, 0.3) is 0 Å². The smallest absolute Gasteiger partial charge is 0.412 e. The number of anilines is 2. The van der Waals surface area contributed by atoms with Gasteiger partial charge in [-0.2, -0.15) is 0 Å². The lowest BCUT2D eigenvalue weighted by Gasteiger charge is -2.35. The molecule has 1 heterocycles. The fraction of sp³-hybridized carbons (Fsp3) is 0.440. The first-order valence-electron chi connectivity index (χ1n) is 11.1. The normalized spacial score (nSPS) is 17.4. The summed E-state index contributed by atoms with van der Waals surface area (Å²) in [6.07, 6.45) is 1.11. The summed E-state index contributed by atoms with van der Waals surface area (Å²) in [6, 6.07) is 12.0. The minimum Gasteiger partial charge on any atom is -0.444 e. The first-order chi connectivity index (χ1) is 15.8. The van der Waals surface area contributed by atoms with E-state index in [4.69, 9.17) is 32.7 Å². The molecule has 184 valence electrons. The molecule has 0 spiro atoms. The van der Waals surface area contributed by atoms with Crippen molar-refractivity contribution in [1.29, 1.82) is 0 Å². The number of carbonyl (C=O) groups excluding carboxylic acids is 2. The predicted octanol–water partition coefficient (Wildman–Crippen LogP) is 6.94. The highest BCUT2D eigenvalue weighted by Gasteiger charge is 2.45. The van der Waals surface area contributed by atoms with E-state index in [1.54, 1.807) is 23.1 Å². The molecule has 0 aromatic heterocycles. The molecule has 2 aromatic rings. The van der Waals surface area contributed by atoms with Crippen molar-refractivity contribution in [3.8, 4) is 0 Å². The van der Waals surface area contributed by atoms with Gasteiger partial charge in [0.2, 0.25) is 0 Å². The van der Waals surface area contributed by atoms with E-state index in [2.05, 4.69) is 10.6 Å². The lowest BCUT2D eigenvalue weighted by atomic mass is 10.0. The topological polar surface area (TPSA) is 79.9 Å². The third-order valence-corrected chi connectivity index (χ3v) is 6.06. The molecule has 34 heavy (non-hydrogen) atoms. The van der Waals surface area contributed by atoms with Gasteiger partial charge in [0.15, 0.2) is 0 Å². The van der Waals surface area contributed by atoms with Gasteiger partial charge in [0, 0.05) is 11.4 Å². The molecular weight excluding hydrogens is 477 g/mol. The van der Waals surface area contributed by atoms with Crippen LogP contribution in [0.5, 0.6) is 0 Å². The molecule has 0 radical (unpaired) electrons. The number of hydrogen-bond acceptors (Lipinski definition) is 4. The average molecular weight is 508 g/mol. The van der Waals surface area contributed by atoms with Gasteiger partial charge >= 0.3 is 12.1 Å². The number of amides is 3. The number of nitrogens with zero attached hydrogens (tertiary/aromatic N) is 1. The second-order valence-corrected chi connectivity index (χ2v) is 10.5. The van der Waals surface area contributed by atoms with Crippen molar-refractivity contribution >= 4 is 46.7 Å². The van der Waals surface area contributed by atoms with Crippen molar-refractivity contribution < 1.29 is 19.1 Å². The van der Waals surface area contributed by atoms with Crippen LogP contribution in [-0.4, -0.2) is 41.0 Å². The van der Waals surface area contributed by atoms with Crippen LogP contribution in [0.25, 0.3) is 0 Å². The molecule has 1 aliphatic rings. The largest absolute Gasteiger partial charge is 0.444 e. The fourth-order valence-corrected chi connectivity index (χ4v) is 4.03. The van der Waals surface area contributed by atoms with Gasteiger partial charge in [-0.15, -0.1) is 0 Å². The lowest BCUT2D eigenvalue weighted by Crippen LogP contribution is -2.49. The van der Waals surface area contributed by atoms with Crippen LogP contribution in [0.3, 0.4) is 0 Å². The number of aryl methyl sites for hydroxylation is 1. The molecule has 9 heteroatoms. The summed E-state index contributed by atoms with van der Waals surface area (Å²) in [5.74, 6) is 0. The van der Waals surface area contributed by atoms with Crippen molar-refractivity contribution in [3.63, 3.8) is 0 Å². The van der Waals surface area contributed by atoms with Crippen molar-refractivity contribution in [2.75, 3.05) is 17.2 Å². The highest BCUT2D eigenvalue weighted by Crippen LogP contribution is 2.31. The Labute approximate surface area is 210 Å². The Bertz CT molecular complexity index is 1040. The zero-order valence-electron chi connectivity index (χ0n) is 20.1. The molecule has 1 saturated heterocycles. The SMILES string of the molecule is CC(C)(C)OC(=O)N1[C@@H](CCc2ccc(NC(=O)Nc3ccc(Cl)c(Cl)c3)cc2)COC1(C)C. The van der Waals surface area contributed by atoms with Gasteiger partial charge in [0.05, 0.1) is 22.7 Å². The standard InChI is InChI=1S/C25H31Cl2N3O4/c1-24(2,3)34-23(32)30-19(15-33-25(30,4)5)12-8-16-6-9-17(10-7-16)28-22(31)29-18-11-13-20(26)21(27)14-18/h6-7,9-11,13-14,19H,8,12,15H2,1-5H3,(H2,28,29,31)/t19-/m0/s1. The van der Waals surface area contributed by atoms with E-state index in [9.17, 15) is 9.59 Å². The molecule has 3 amide bonds. The van der Waals surface area contributed by atoms with Gasteiger partial charge in [-0.05, 0) is 83.4 Å². The minimum atomic E-state index is -0.720. The molecule has 0 unspecified atom stereocenters. The summed E-state index contributed by atoms with van der Waals surface area (Å²) in [5.41, 5.74) is 0.989. The van der Waals surface area contributed by atoms with Gasteiger partial charge in [-0.3, -0.25) is 4.90 Å². The molecule has 0 bridgehead atoms. The lowest BCUT2D eigenvalue weighted by molar-refractivity contribution is -0.0626. The summed E-state index contributed by atoms with van der Waals surface area (Å²) in [5, 5.41) is 6.29. The van der Waals surface area contributed by atoms with Crippen molar-refractivity contribution in [2.24, 2.45) is 0 Å². The number of benzene rings is 2. The molecular formula is C25H31Cl2N3O4. The van der Waals surface area contributed by atoms with Crippen molar-refractivity contribution in [2.45, 2.75) is 64.8 Å². The number of rotatable bonds is 5. The Morgan fingerprint density at radius 3 is 2.29 bits per heavy atom. The molecule has 2 aromatic carbocycles. The van der Waals surface area contributed by atoms with Gasteiger partial charge < -0.3 is 20.1 Å². The van der Waals surface area contributed by atoms with Crippen LogP contribution in [0.1, 0.15) is 46.6 Å². The highest BCUT2D eigenvalue weighted by atomic mass is 35.5. The number of hydrogen-bond donors (Lipinski definition) is 2. The highest BCUT2D eigenvalue weighted by molar-refractivity contribution is 6.42. The molecule has 0 aliphatic carbocycles. The van der Waals surface area contributed by atoms with E-state index in [0.29, 0.717) is 28.0 Å². The Morgan fingerprint density at radius 1 is 1.06 bits per heavy atom. The fourth-order valence-electron chi connectivity index (χ4n) is 3.73. The summed E-state index contributed by atoms with van der Waals surface area (Å²) in [4.78, 5) is 26.7. The summed E-state index contributed by atoms with van der Waals surface area (Å²) < 4.78 is 11.5. The summed E-state index contributed by atoms with van der Waals surface area (Å²) in [7, 11) is 0. The second kappa shape index (κ2) is 10.4. The molecule has 1 atom stereocenters. The number of carbonyl (C=O) groups is 2. The number of halogens is 2. The van der Waals surface area contributed by atoms with E-state index in [-0.39, 0.29) is 18.2 Å². The van der Waals surface area contributed by atoms with Crippen molar-refractivity contribution in [1.82, 2.24) is 4.90 Å². The molecule has 3 rings (SSSR count). The average Bonchev–Trinajstić information content (AvgIpc) is 3.03. The van der Waals surface area contributed by atoms with Crippen molar-refractivity contribution in [3.05, 3.63) is 58.1 Å². The first kappa shape index (κ1) is 26.1. The first-order valence-corrected chi connectivity index (χ1v) is 11.9. The van der Waals surface area contributed by atoms with E-state index >= 15 is 0 Å². The second-order valence-electron chi connectivity index (χ2n) is 9.71. The maximum Gasteiger partial charge on any atom is 0.412 e. The van der Waals surface area contributed by atoms with Gasteiger partial charge in [0.1, 0.15) is 11.3 Å². The third-order valence-electron chi connectivity index (χ3n) is 5.32. The third kappa shape index (κ3) is 7.01. The monoisotopic (exact) mass is 507 g/mol. The van der Waals surface area contributed by atoms with Crippen LogP contribution >= 0.6 is 23.2 Å². The zero-order chi connectivity index (χ0) is 25.1. The minimum absolute atomic E-state index is 0.0837. The Balaban J connectivity index is 1.55. The molecule has 1 fully saturated rings. The Morgan fingerprint density at radius 2 is 1.68 bits per heavy atom. The summed E-state index contributed by atoms with van der Waals surface area (Å²) in [6.45, 7) is 9.76. The summed E-state index contributed by atoms with van der Waals surface area (Å²) >= 11 is 11.9. The van der Waals surface area contributed by atoms with Crippen LogP contribution in [0.15, 0.2) is 42.5 Å². The Hall–Kier alpha value is -2.48. The van der Waals surface area contributed by atoms with Crippen LogP contribution < -0.4 is 10.6 Å². The van der Waals surface area contributed by atoms with E-state index in [1.165, 1.54) is 0 Å². The number of urea groups is 1. The quantitative estimate of drug-likeness (QED) is 0.459.